The maximum Gasteiger partial charge on any atom is 0.137 e. The number of hydrogen-bond acceptors (Lipinski definition) is 3. The van der Waals surface area contributed by atoms with Gasteiger partial charge in [0.15, 0.2) is 0 Å². The zero-order valence-corrected chi connectivity index (χ0v) is 12.6. The van der Waals surface area contributed by atoms with E-state index in [1.165, 1.54) is 0 Å². The molecule has 20 heavy (non-hydrogen) atoms. The molecule has 2 N–H and O–H groups in total. The number of methoxy groups -OCH3 is 2. The summed E-state index contributed by atoms with van der Waals surface area (Å²) in [6, 6.07) is 11.2. The first-order valence-corrected chi connectivity index (χ1v) is 6.68. The maximum atomic E-state index is 6.34. The lowest BCUT2D eigenvalue weighted by Gasteiger charge is -2.17. The van der Waals surface area contributed by atoms with E-state index < -0.39 is 0 Å². The van der Waals surface area contributed by atoms with Gasteiger partial charge >= 0.3 is 0 Å². The van der Waals surface area contributed by atoms with Crippen LogP contribution in [0, 0.1) is 6.92 Å². The van der Waals surface area contributed by atoms with E-state index in [-0.39, 0.29) is 6.04 Å². The number of nitrogens with two attached hydrogens (primary N) is 1. The minimum absolute atomic E-state index is 0.295. The van der Waals surface area contributed by atoms with E-state index in [9.17, 15) is 0 Å². The molecular formula is C16H18ClNO2. The van der Waals surface area contributed by atoms with Crippen LogP contribution < -0.4 is 15.2 Å². The van der Waals surface area contributed by atoms with Crippen LogP contribution in [0.25, 0.3) is 0 Å². The molecule has 0 radical (unpaired) electrons. The number of hydrogen-bond donors (Lipinski definition) is 1. The zero-order valence-electron chi connectivity index (χ0n) is 11.8. The molecule has 1 atom stereocenters. The van der Waals surface area contributed by atoms with Gasteiger partial charge in [-0.25, -0.2) is 0 Å². The molecule has 2 rings (SSSR count). The highest BCUT2D eigenvalue weighted by atomic mass is 35.5. The van der Waals surface area contributed by atoms with Gasteiger partial charge in [-0.05, 0) is 36.2 Å². The third-order valence-corrected chi connectivity index (χ3v) is 3.57. The van der Waals surface area contributed by atoms with Crippen LogP contribution in [-0.2, 0) is 0 Å². The lowest BCUT2D eigenvalue weighted by Crippen LogP contribution is -2.13. The van der Waals surface area contributed by atoms with Gasteiger partial charge in [-0.1, -0.05) is 29.8 Å². The monoisotopic (exact) mass is 291 g/mol. The number of ether oxygens (including phenoxy) is 2. The van der Waals surface area contributed by atoms with Crippen LogP contribution in [-0.4, -0.2) is 14.2 Å². The molecule has 106 valence electrons. The summed E-state index contributed by atoms with van der Waals surface area (Å²) in [5.74, 6) is 1.40. The first kappa shape index (κ1) is 14.7. The molecule has 0 heterocycles. The van der Waals surface area contributed by atoms with Crippen molar-refractivity contribution in [2.75, 3.05) is 14.2 Å². The van der Waals surface area contributed by atoms with Gasteiger partial charge in [0.2, 0.25) is 0 Å². The molecular weight excluding hydrogens is 274 g/mol. The molecule has 1 unspecified atom stereocenters. The Balaban J connectivity index is 2.43. The van der Waals surface area contributed by atoms with Gasteiger partial charge in [0.05, 0.1) is 25.3 Å². The third-order valence-electron chi connectivity index (χ3n) is 3.26. The van der Waals surface area contributed by atoms with Gasteiger partial charge in [-0.3, -0.25) is 0 Å². The smallest absolute Gasteiger partial charge is 0.137 e. The average molecular weight is 292 g/mol. The van der Waals surface area contributed by atoms with Gasteiger partial charge < -0.3 is 15.2 Å². The third kappa shape index (κ3) is 2.89. The minimum Gasteiger partial charge on any atom is -0.496 e. The summed E-state index contributed by atoms with van der Waals surface area (Å²) in [7, 11) is 3.23. The Kier molecular flexibility index (Phi) is 4.53. The maximum absolute atomic E-state index is 6.34. The van der Waals surface area contributed by atoms with E-state index in [0.29, 0.717) is 10.8 Å². The molecule has 0 aliphatic heterocycles. The molecule has 2 aromatic carbocycles. The van der Waals surface area contributed by atoms with E-state index in [0.717, 1.165) is 22.4 Å². The Morgan fingerprint density at radius 1 is 1.00 bits per heavy atom. The van der Waals surface area contributed by atoms with E-state index in [4.69, 9.17) is 26.8 Å². The lowest BCUT2D eigenvalue weighted by molar-refractivity contribution is 0.406. The Morgan fingerprint density at radius 3 is 2.35 bits per heavy atom. The molecule has 0 fully saturated rings. The zero-order chi connectivity index (χ0) is 14.7. The Labute approximate surface area is 124 Å². The van der Waals surface area contributed by atoms with E-state index in [1.807, 2.05) is 37.3 Å². The predicted octanol–water partition coefficient (Wildman–Crippen LogP) is 3.71. The van der Waals surface area contributed by atoms with Gasteiger partial charge in [0.1, 0.15) is 11.5 Å². The number of rotatable bonds is 4. The molecule has 0 saturated heterocycles. The summed E-state index contributed by atoms with van der Waals surface area (Å²) < 4.78 is 10.6. The Bertz CT molecular complexity index is 613. The normalized spacial score (nSPS) is 12.1. The highest BCUT2D eigenvalue weighted by Crippen LogP contribution is 2.33. The van der Waals surface area contributed by atoms with Crippen molar-refractivity contribution in [3.05, 3.63) is 58.1 Å². The van der Waals surface area contributed by atoms with Crippen LogP contribution in [0.4, 0.5) is 0 Å². The van der Waals surface area contributed by atoms with Crippen LogP contribution in [0.2, 0.25) is 5.02 Å². The average Bonchev–Trinajstić information content (AvgIpc) is 2.46. The lowest BCUT2D eigenvalue weighted by atomic mass is 9.97. The fourth-order valence-electron chi connectivity index (χ4n) is 2.12. The van der Waals surface area contributed by atoms with Gasteiger partial charge in [0.25, 0.3) is 0 Å². The van der Waals surface area contributed by atoms with E-state index in [2.05, 4.69) is 0 Å². The summed E-state index contributed by atoms with van der Waals surface area (Å²) in [6.45, 7) is 2.02. The van der Waals surface area contributed by atoms with Crippen molar-refractivity contribution < 1.29 is 9.47 Å². The largest absolute Gasteiger partial charge is 0.496 e. The minimum atomic E-state index is -0.295. The van der Waals surface area contributed by atoms with Crippen molar-refractivity contribution in [2.45, 2.75) is 13.0 Å². The SMILES string of the molecule is COc1cc(C(N)c2ccc(C)cc2OC)ccc1Cl. The molecule has 4 heteroatoms. The van der Waals surface area contributed by atoms with Gasteiger partial charge in [0, 0.05) is 5.56 Å². The molecule has 0 spiro atoms. The first-order chi connectivity index (χ1) is 9.56. The second-order valence-electron chi connectivity index (χ2n) is 4.62. The fraction of sp³-hybridized carbons (Fsp3) is 0.250. The highest BCUT2D eigenvalue weighted by Gasteiger charge is 2.15. The molecule has 2 aromatic rings. The summed E-state index contributed by atoms with van der Waals surface area (Å²) in [5.41, 5.74) is 9.33. The standard InChI is InChI=1S/C16H18ClNO2/c1-10-4-6-12(14(8-10)19-2)16(18)11-5-7-13(17)15(9-11)20-3/h4-9,16H,18H2,1-3H3. The molecule has 0 aliphatic rings. The van der Waals surface area contributed by atoms with Crippen molar-refractivity contribution in [1.29, 1.82) is 0 Å². The number of benzene rings is 2. The topological polar surface area (TPSA) is 44.5 Å². The van der Waals surface area contributed by atoms with Crippen molar-refractivity contribution in [1.82, 2.24) is 0 Å². The molecule has 0 bridgehead atoms. The van der Waals surface area contributed by atoms with Crippen molar-refractivity contribution in [3.8, 4) is 11.5 Å². The summed E-state index contributed by atoms with van der Waals surface area (Å²) in [6.07, 6.45) is 0. The second-order valence-corrected chi connectivity index (χ2v) is 5.02. The molecule has 3 nitrogen and oxygen atoms in total. The highest BCUT2D eigenvalue weighted by molar-refractivity contribution is 6.32. The molecule has 0 aliphatic carbocycles. The first-order valence-electron chi connectivity index (χ1n) is 6.30. The van der Waals surface area contributed by atoms with Crippen LogP contribution in [0.3, 0.4) is 0 Å². The molecule has 0 aromatic heterocycles. The summed E-state index contributed by atoms with van der Waals surface area (Å²) in [5, 5.41) is 0.569. The van der Waals surface area contributed by atoms with Crippen LogP contribution in [0.5, 0.6) is 11.5 Å². The van der Waals surface area contributed by atoms with Crippen molar-refractivity contribution in [3.63, 3.8) is 0 Å². The van der Waals surface area contributed by atoms with Crippen LogP contribution >= 0.6 is 11.6 Å². The Hall–Kier alpha value is -1.71. The quantitative estimate of drug-likeness (QED) is 0.934. The summed E-state index contributed by atoms with van der Waals surface area (Å²) >= 11 is 6.04. The van der Waals surface area contributed by atoms with E-state index in [1.54, 1.807) is 20.3 Å². The summed E-state index contributed by atoms with van der Waals surface area (Å²) in [4.78, 5) is 0. The molecule has 0 amide bonds. The fourth-order valence-corrected chi connectivity index (χ4v) is 2.32. The van der Waals surface area contributed by atoms with Crippen LogP contribution in [0.15, 0.2) is 36.4 Å². The van der Waals surface area contributed by atoms with Crippen LogP contribution in [0.1, 0.15) is 22.7 Å². The van der Waals surface area contributed by atoms with Crippen molar-refractivity contribution >= 4 is 11.6 Å². The second kappa shape index (κ2) is 6.16. The molecule has 0 saturated carbocycles. The van der Waals surface area contributed by atoms with E-state index >= 15 is 0 Å². The Morgan fingerprint density at radius 2 is 1.70 bits per heavy atom. The van der Waals surface area contributed by atoms with Gasteiger partial charge in [-0.15, -0.1) is 0 Å². The number of halogens is 1. The number of aryl methyl sites for hydroxylation is 1. The predicted molar refractivity (Wildman–Crippen MR) is 81.8 cm³/mol. The van der Waals surface area contributed by atoms with Gasteiger partial charge in [-0.2, -0.15) is 0 Å². The van der Waals surface area contributed by atoms with Crippen molar-refractivity contribution in [2.24, 2.45) is 5.73 Å².